The number of aromatic nitrogens is 1. The number of ether oxygens (including phenoxy) is 1. The predicted octanol–water partition coefficient (Wildman–Crippen LogP) is 3.13. The fourth-order valence-electron chi connectivity index (χ4n) is 2.33. The van der Waals surface area contributed by atoms with Crippen LogP contribution in [0.3, 0.4) is 0 Å². The van der Waals surface area contributed by atoms with Crippen LogP contribution in [0.2, 0.25) is 5.02 Å². The molecule has 2 aromatic rings. The van der Waals surface area contributed by atoms with E-state index in [0.717, 1.165) is 5.56 Å². The highest BCUT2D eigenvalue weighted by molar-refractivity contribution is 6.30. The van der Waals surface area contributed by atoms with Gasteiger partial charge in [-0.15, -0.1) is 0 Å². The van der Waals surface area contributed by atoms with Gasteiger partial charge in [-0.1, -0.05) is 23.7 Å². The highest BCUT2D eigenvalue weighted by atomic mass is 35.5. The molecule has 0 spiro atoms. The maximum atomic E-state index is 14.4. The Hall–Kier alpha value is -2.14. The molecule has 1 aliphatic heterocycles. The average Bonchev–Trinajstić information content (AvgIpc) is 3.03. The normalized spacial score (nSPS) is 17.1. The zero-order chi connectivity index (χ0) is 15.4. The smallest absolute Gasteiger partial charge is 0.285 e. The first-order valence-electron chi connectivity index (χ1n) is 7.01. The van der Waals surface area contributed by atoms with E-state index in [4.69, 9.17) is 16.3 Å². The van der Waals surface area contributed by atoms with Crippen LogP contribution < -0.4 is 5.32 Å². The maximum absolute atomic E-state index is 14.4. The number of benzene rings is 1. The molecule has 114 valence electrons. The van der Waals surface area contributed by atoms with Gasteiger partial charge in [-0.05, 0) is 30.2 Å². The molecule has 1 atom stereocenters. The fraction of sp³-hybridized carbons (Fsp3) is 0.250. The van der Waals surface area contributed by atoms with Gasteiger partial charge in [-0.3, -0.25) is 4.98 Å². The topological polar surface area (TPSA) is 46.5 Å². The van der Waals surface area contributed by atoms with Crippen molar-refractivity contribution in [3.05, 3.63) is 64.7 Å². The zero-order valence-electron chi connectivity index (χ0n) is 11.8. The van der Waals surface area contributed by atoms with Gasteiger partial charge in [0.25, 0.3) is 6.02 Å². The molecule has 6 heteroatoms. The van der Waals surface area contributed by atoms with E-state index in [0.29, 0.717) is 31.2 Å². The van der Waals surface area contributed by atoms with Crippen molar-refractivity contribution in [3.8, 4) is 0 Å². The number of nitrogens with zero attached hydrogens (tertiary/aromatic N) is 2. The molecule has 3 rings (SSSR count). The number of nitrogens with one attached hydrogen (secondary N) is 1. The minimum Gasteiger partial charge on any atom is -0.463 e. The first kappa shape index (κ1) is 14.8. The van der Waals surface area contributed by atoms with Gasteiger partial charge in [0.05, 0.1) is 17.6 Å². The van der Waals surface area contributed by atoms with Crippen LogP contribution in [-0.2, 0) is 11.2 Å². The predicted molar refractivity (Wildman–Crippen MR) is 83.5 cm³/mol. The Morgan fingerprint density at radius 1 is 1.32 bits per heavy atom. The van der Waals surface area contributed by atoms with Crippen molar-refractivity contribution >= 4 is 17.6 Å². The van der Waals surface area contributed by atoms with E-state index in [1.165, 1.54) is 6.07 Å². The Kier molecular flexibility index (Phi) is 4.53. The van der Waals surface area contributed by atoms with Crippen LogP contribution in [-0.4, -0.2) is 24.2 Å². The molecule has 0 saturated carbocycles. The number of rotatable bonds is 4. The largest absolute Gasteiger partial charge is 0.463 e. The van der Waals surface area contributed by atoms with Gasteiger partial charge in [0, 0.05) is 18.0 Å². The van der Waals surface area contributed by atoms with Crippen LogP contribution in [0.25, 0.3) is 0 Å². The summed E-state index contributed by atoms with van der Waals surface area (Å²) in [6, 6.07) is 8.76. The van der Waals surface area contributed by atoms with Crippen molar-refractivity contribution in [2.24, 2.45) is 4.99 Å². The van der Waals surface area contributed by atoms with E-state index in [9.17, 15) is 4.39 Å². The lowest BCUT2D eigenvalue weighted by Gasteiger charge is -2.15. The minimum absolute atomic E-state index is 0.0951. The molecule has 1 aliphatic rings. The van der Waals surface area contributed by atoms with E-state index in [1.54, 1.807) is 24.5 Å². The van der Waals surface area contributed by atoms with Gasteiger partial charge >= 0.3 is 0 Å². The molecule has 1 fully saturated rings. The summed E-state index contributed by atoms with van der Waals surface area (Å²) in [5.41, 5.74) is 1.47. The maximum Gasteiger partial charge on any atom is 0.285 e. The highest BCUT2D eigenvalue weighted by Gasteiger charge is 2.20. The summed E-state index contributed by atoms with van der Waals surface area (Å²) in [4.78, 5) is 8.50. The Bertz CT molecular complexity index is 670. The third-order valence-electron chi connectivity index (χ3n) is 3.41. The van der Waals surface area contributed by atoms with Crippen molar-refractivity contribution in [3.63, 3.8) is 0 Å². The lowest BCUT2D eigenvalue weighted by molar-refractivity contribution is 0.348. The summed E-state index contributed by atoms with van der Waals surface area (Å²) >= 11 is 5.90. The van der Waals surface area contributed by atoms with Gasteiger partial charge in [0.2, 0.25) is 0 Å². The van der Waals surface area contributed by atoms with Crippen molar-refractivity contribution in [1.29, 1.82) is 0 Å². The molecule has 4 nitrogen and oxygen atoms in total. The van der Waals surface area contributed by atoms with E-state index in [2.05, 4.69) is 15.3 Å². The van der Waals surface area contributed by atoms with E-state index >= 15 is 0 Å². The Morgan fingerprint density at radius 2 is 2.14 bits per heavy atom. The Morgan fingerprint density at radius 3 is 2.86 bits per heavy atom. The number of aliphatic imine (C=N–C) groups is 1. The summed E-state index contributed by atoms with van der Waals surface area (Å²) < 4.78 is 19.7. The summed E-state index contributed by atoms with van der Waals surface area (Å²) in [5, 5.41) is 3.13. The molecule has 1 unspecified atom stereocenters. The second-order valence-corrected chi connectivity index (χ2v) is 5.34. The lowest BCUT2D eigenvalue weighted by atomic mass is 9.99. The highest BCUT2D eigenvalue weighted by Crippen LogP contribution is 2.28. The number of hydrogen-bond donors (Lipinski definition) is 1. The van der Waals surface area contributed by atoms with E-state index < -0.39 is 11.9 Å². The van der Waals surface area contributed by atoms with Crippen molar-refractivity contribution < 1.29 is 9.13 Å². The standard InChI is InChI=1S/C16H15ClFN3O/c17-13-3-1-2-12(15(13)18)14(21-16-20-8-9-22-16)10-11-4-6-19-7-5-11/h1-7,14H,8-10H2,(H,20,21). The third-order valence-corrected chi connectivity index (χ3v) is 3.70. The van der Waals surface area contributed by atoms with Gasteiger partial charge < -0.3 is 10.1 Å². The van der Waals surface area contributed by atoms with Crippen LogP contribution in [0, 0.1) is 5.82 Å². The van der Waals surface area contributed by atoms with Crippen LogP contribution in [0.15, 0.2) is 47.7 Å². The second-order valence-electron chi connectivity index (χ2n) is 4.93. The first-order chi connectivity index (χ1) is 10.7. The molecule has 0 amide bonds. The molecular formula is C16H15ClFN3O. The van der Waals surface area contributed by atoms with Crippen LogP contribution in [0.4, 0.5) is 4.39 Å². The van der Waals surface area contributed by atoms with Crippen molar-refractivity contribution in [2.75, 3.05) is 13.2 Å². The summed E-state index contributed by atoms with van der Waals surface area (Å²) in [6.45, 7) is 1.28. The number of hydrogen-bond acceptors (Lipinski definition) is 3. The Balaban J connectivity index is 1.95. The molecular weight excluding hydrogens is 305 g/mol. The molecule has 0 aliphatic carbocycles. The van der Waals surface area contributed by atoms with Gasteiger partial charge in [-0.2, -0.15) is 0 Å². The monoisotopic (exact) mass is 319 g/mol. The summed E-state index contributed by atoms with van der Waals surface area (Å²) in [6.07, 6.45) is 3.95. The molecule has 1 aromatic heterocycles. The second kappa shape index (κ2) is 6.75. The first-order valence-corrected chi connectivity index (χ1v) is 7.39. The fourth-order valence-corrected chi connectivity index (χ4v) is 2.51. The number of amidine groups is 1. The van der Waals surface area contributed by atoms with Crippen LogP contribution in [0.1, 0.15) is 17.2 Å². The average molecular weight is 320 g/mol. The van der Waals surface area contributed by atoms with Gasteiger partial charge in [0.15, 0.2) is 0 Å². The lowest BCUT2D eigenvalue weighted by Crippen LogP contribution is -2.18. The quantitative estimate of drug-likeness (QED) is 0.941. The molecule has 0 radical (unpaired) electrons. The van der Waals surface area contributed by atoms with E-state index in [1.807, 2.05) is 12.1 Å². The van der Waals surface area contributed by atoms with E-state index in [-0.39, 0.29) is 5.02 Å². The molecule has 22 heavy (non-hydrogen) atoms. The third kappa shape index (κ3) is 3.36. The van der Waals surface area contributed by atoms with Crippen LogP contribution in [0.5, 0.6) is 0 Å². The molecule has 1 aromatic carbocycles. The Labute approximate surface area is 133 Å². The van der Waals surface area contributed by atoms with Crippen molar-refractivity contribution in [1.82, 2.24) is 10.3 Å². The van der Waals surface area contributed by atoms with Crippen LogP contribution >= 0.6 is 11.6 Å². The summed E-state index contributed by atoms with van der Waals surface area (Å²) in [5.74, 6) is -0.439. The summed E-state index contributed by atoms with van der Waals surface area (Å²) in [7, 11) is 0. The van der Waals surface area contributed by atoms with Crippen molar-refractivity contribution in [2.45, 2.75) is 12.5 Å². The molecule has 0 bridgehead atoms. The van der Waals surface area contributed by atoms with Gasteiger partial charge in [0.1, 0.15) is 12.4 Å². The van der Waals surface area contributed by atoms with Gasteiger partial charge in [-0.25, -0.2) is 9.38 Å². The molecule has 2 heterocycles. The minimum atomic E-state index is -0.439. The molecule has 1 N–H and O–H groups in total. The number of halogens is 2. The SMILES string of the molecule is Fc1c(Cl)cccc1C(Cc1ccncc1)/N=C1\NCCO1. The zero-order valence-corrected chi connectivity index (χ0v) is 12.6. The number of pyridine rings is 1. The molecule has 1 saturated heterocycles.